The summed E-state index contributed by atoms with van der Waals surface area (Å²) >= 11 is 5.00. The minimum Gasteiger partial charge on any atom is -0.390 e. The molecular formula is C12H19BrO2S. The van der Waals surface area contributed by atoms with Gasteiger partial charge < -0.3 is 10.2 Å². The topological polar surface area (TPSA) is 40.5 Å². The van der Waals surface area contributed by atoms with Crippen molar-refractivity contribution in [3.63, 3.8) is 0 Å². The zero-order valence-corrected chi connectivity index (χ0v) is 12.1. The van der Waals surface area contributed by atoms with E-state index in [1.54, 1.807) is 11.3 Å². The van der Waals surface area contributed by atoms with Gasteiger partial charge in [-0.25, -0.2) is 0 Å². The van der Waals surface area contributed by atoms with Crippen LogP contribution in [0, 0.1) is 5.92 Å². The summed E-state index contributed by atoms with van der Waals surface area (Å²) in [5.74, 6) is 0.193. The van der Waals surface area contributed by atoms with E-state index in [9.17, 15) is 10.2 Å². The first kappa shape index (κ1) is 14.2. The average molecular weight is 307 g/mol. The van der Waals surface area contributed by atoms with E-state index in [2.05, 4.69) is 15.9 Å². The third-order valence-electron chi connectivity index (χ3n) is 2.97. The highest BCUT2D eigenvalue weighted by Gasteiger charge is 2.24. The summed E-state index contributed by atoms with van der Waals surface area (Å²) in [6, 6.07) is 3.95. The van der Waals surface area contributed by atoms with Gasteiger partial charge in [-0.1, -0.05) is 26.7 Å². The number of thiophene rings is 1. The summed E-state index contributed by atoms with van der Waals surface area (Å²) in [6.07, 6.45) is 1.07. The lowest BCUT2D eigenvalue weighted by Gasteiger charge is -2.24. The molecule has 2 atom stereocenters. The molecule has 0 aliphatic heterocycles. The summed E-state index contributed by atoms with van der Waals surface area (Å²) in [4.78, 5) is 1.10. The molecule has 4 heteroatoms. The molecule has 0 aliphatic rings. The molecule has 1 heterocycles. The van der Waals surface area contributed by atoms with Gasteiger partial charge in [-0.05, 0) is 34.0 Å². The Morgan fingerprint density at radius 2 is 1.88 bits per heavy atom. The highest BCUT2D eigenvalue weighted by Crippen LogP contribution is 2.25. The lowest BCUT2D eigenvalue weighted by atomic mass is 9.91. The van der Waals surface area contributed by atoms with Crippen molar-refractivity contribution in [1.29, 1.82) is 0 Å². The van der Waals surface area contributed by atoms with Crippen LogP contribution in [0.3, 0.4) is 0 Å². The van der Waals surface area contributed by atoms with Crippen LogP contribution in [0.2, 0.25) is 0 Å². The summed E-state index contributed by atoms with van der Waals surface area (Å²) in [6.45, 7) is 4.09. The average Bonchev–Trinajstić information content (AvgIpc) is 2.65. The fraction of sp³-hybridized carbons (Fsp3) is 0.667. The van der Waals surface area contributed by atoms with Crippen LogP contribution in [-0.4, -0.2) is 22.4 Å². The quantitative estimate of drug-likeness (QED) is 0.847. The van der Waals surface area contributed by atoms with Crippen molar-refractivity contribution in [2.24, 2.45) is 5.92 Å². The summed E-state index contributed by atoms with van der Waals surface area (Å²) < 4.78 is 1.06. The lowest BCUT2D eigenvalue weighted by Crippen LogP contribution is -2.34. The molecule has 92 valence electrons. The van der Waals surface area contributed by atoms with Crippen molar-refractivity contribution in [2.45, 2.75) is 45.3 Å². The van der Waals surface area contributed by atoms with Gasteiger partial charge in [0.2, 0.25) is 0 Å². The standard InChI is InChI=1S/C12H19BrO2S/c1-3-8(4-2)12(15)10(14)7-9-5-6-11(13)16-9/h5-6,8,10,12,14-15H,3-4,7H2,1-2H3. The van der Waals surface area contributed by atoms with Crippen molar-refractivity contribution in [2.75, 3.05) is 0 Å². The van der Waals surface area contributed by atoms with Crippen LogP contribution in [-0.2, 0) is 6.42 Å². The second-order valence-electron chi connectivity index (χ2n) is 4.04. The minimum atomic E-state index is -0.657. The highest BCUT2D eigenvalue weighted by atomic mass is 79.9. The minimum absolute atomic E-state index is 0.193. The molecule has 1 aromatic heterocycles. The van der Waals surface area contributed by atoms with Gasteiger partial charge in [0, 0.05) is 11.3 Å². The molecule has 0 bridgehead atoms. The fourth-order valence-corrected chi connectivity index (χ4v) is 3.41. The zero-order chi connectivity index (χ0) is 12.1. The van der Waals surface area contributed by atoms with Gasteiger partial charge in [-0.2, -0.15) is 0 Å². The molecular weight excluding hydrogens is 288 g/mol. The molecule has 0 amide bonds. The van der Waals surface area contributed by atoms with Gasteiger partial charge in [-0.15, -0.1) is 11.3 Å². The number of hydrogen-bond donors (Lipinski definition) is 2. The molecule has 0 saturated carbocycles. The summed E-state index contributed by atoms with van der Waals surface area (Å²) in [5.41, 5.74) is 0. The first-order valence-electron chi connectivity index (χ1n) is 5.68. The van der Waals surface area contributed by atoms with Gasteiger partial charge in [0.25, 0.3) is 0 Å². The Labute approximate surface area is 109 Å². The molecule has 0 radical (unpaired) electrons. The number of aliphatic hydroxyl groups is 2. The Morgan fingerprint density at radius 3 is 2.31 bits per heavy atom. The lowest BCUT2D eigenvalue weighted by molar-refractivity contribution is -0.0184. The van der Waals surface area contributed by atoms with E-state index in [4.69, 9.17) is 0 Å². The van der Waals surface area contributed by atoms with Crippen molar-refractivity contribution in [3.8, 4) is 0 Å². The first-order valence-corrected chi connectivity index (χ1v) is 7.29. The smallest absolute Gasteiger partial charge is 0.0849 e. The van der Waals surface area contributed by atoms with E-state index >= 15 is 0 Å². The van der Waals surface area contributed by atoms with Crippen LogP contribution in [0.5, 0.6) is 0 Å². The normalized spacial score (nSPS) is 15.4. The van der Waals surface area contributed by atoms with Gasteiger partial charge >= 0.3 is 0 Å². The van der Waals surface area contributed by atoms with Crippen molar-refractivity contribution < 1.29 is 10.2 Å². The van der Waals surface area contributed by atoms with E-state index in [0.29, 0.717) is 6.42 Å². The SMILES string of the molecule is CCC(CC)C(O)C(O)Cc1ccc(Br)s1. The maximum atomic E-state index is 9.99. The maximum Gasteiger partial charge on any atom is 0.0849 e. The van der Waals surface area contributed by atoms with Crippen LogP contribution < -0.4 is 0 Å². The molecule has 2 unspecified atom stereocenters. The van der Waals surface area contributed by atoms with E-state index in [-0.39, 0.29) is 5.92 Å². The monoisotopic (exact) mass is 306 g/mol. The maximum absolute atomic E-state index is 9.99. The van der Waals surface area contributed by atoms with Crippen LogP contribution in [0.15, 0.2) is 15.9 Å². The van der Waals surface area contributed by atoms with Crippen LogP contribution in [0.1, 0.15) is 31.6 Å². The molecule has 1 aromatic rings. The van der Waals surface area contributed by atoms with Crippen LogP contribution in [0.4, 0.5) is 0 Å². The predicted molar refractivity (Wildman–Crippen MR) is 71.8 cm³/mol. The van der Waals surface area contributed by atoms with Crippen LogP contribution >= 0.6 is 27.3 Å². The van der Waals surface area contributed by atoms with E-state index in [1.807, 2.05) is 26.0 Å². The van der Waals surface area contributed by atoms with Gasteiger partial charge in [0.05, 0.1) is 16.0 Å². The Bertz CT molecular complexity index is 310. The molecule has 1 rings (SSSR count). The largest absolute Gasteiger partial charge is 0.390 e. The molecule has 16 heavy (non-hydrogen) atoms. The third-order valence-corrected chi connectivity index (χ3v) is 4.61. The molecule has 2 nitrogen and oxygen atoms in total. The molecule has 0 saturated heterocycles. The van der Waals surface area contributed by atoms with Crippen molar-refractivity contribution >= 4 is 27.3 Å². The number of aliphatic hydroxyl groups excluding tert-OH is 2. The number of halogens is 1. The summed E-state index contributed by atoms with van der Waals surface area (Å²) in [5, 5.41) is 19.9. The second-order valence-corrected chi connectivity index (χ2v) is 6.59. The Balaban J connectivity index is 2.54. The Morgan fingerprint density at radius 1 is 1.25 bits per heavy atom. The second kappa shape index (κ2) is 6.74. The molecule has 0 aromatic carbocycles. The number of hydrogen-bond acceptors (Lipinski definition) is 3. The third kappa shape index (κ3) is 3.84. The molecule has 2 N–H and O–H groups in total. The predicted octanol–water partition coefficient (Wildman–Crippen LogP) is 3.21. The highest BCUT2D eigenvalue weighted by molar-refractivity contribution is 9.11. The summed E-state index contributed by atoms with van der Waals surface area (Å²) in [7, 11) is 0. The van der Waals surface area contributed by atoms with Gasteiger partial charge in [0.15, 0.2) is 0 Å². The van der Waals surface area contributed by atoms with E-state index < -0.39 is 12.2 Å². The van der Waals surface area contributed by atoms with Crippen molar-refractivity contribution in [1.82, 2.24) is 0 Å². The first-order chi connectivity index (χ1) is 7.58. The van der Waals surface area contributed by atoms with Gasteiger partial charge in [-0.3, -0.25) is 0 Å². The fourth-order valence-electron chi connectivity index (χ4n) is 1.87. The van der Waals surface area contributed by atoms with Gasteiger partial charge in [0.1, 0.15) is 0 Å². The molecule has 0 aliphatic carbocycles. The Hall–Kier alpha value is 0.1000. The molecule has 0 spiro atoms. The number of rotatable bonds is 6. The van der Waals surface area contributed by atoms with E-state index in [0.717, 1.165) is 21.5 Å². The Kier molecular flexibility index (Phi) is 5.97. The van der Waals surface area contributed by atoms with Crippen molar-refractivity contribution in [3.05, 3.63) is 20.8 Å². The molecule has 0 fully saturated rings. The van der Waals surface area contributed by atoms with E-state index in [1.165, 1.54) is 0 Å². The zero-order valence-electron chi connectivity index (χ0n) is 9.69. The van der Waals surface area contributed by atoms with Crippen LogP contribution in [0.25, 0.3) is 0 Å².